The van der Waals surface area contributed by atoms with Crippen LogP contribution < -0.4 is 10.1 Å². The second-order valence-corrected chi connectivity index (χ2v) is 6.33. The predicted octanol–water partition coefficient (Wildman–Crippen LogP) is 2.73. The van der Waals surface area contributed by atoms with Gasteiger partial charge in [-0.15, -0.1) is 0 Å². The Morgan fingerprint density at radius 1 is 1.19 bits per heavy atom. The van der Waals surface area contributed by atoms with E-state index in [1.54, 1.807) is 0 Å². The van der Waals surface area contributed by atoms with E-state index in [1.807, 2.05) is 0 Å². The van der Waals surface area contributed by atoms with E-state index in [1.165, 1.54) is 30.8 Å². The summed E-state index contributed by atoms with van der Waals surface area (Å²) < 4.78 is 5.84. The Balaban J connectivity index is 1.92. The molecule has 1 fully saturated rings. The van der Waals surface area contributed by atoms with Crippen molar-refractivity contribution < 1.29 is 4.74 Å². The lowest BCUT2D eigenvalue weighted by Gasteiger charge is -2.27. The van der Waals surface area contributed by atoms with Gasteiger partial charge in [-0.1, -0.05) is 26.8 Å². The molecule has 0 amide bonds. The molecule has 1 aromatic carbocycles. The summed E-state index contributed by atoms with van der Waals surface area (Å²) >= 11 is 0. The zero-order valence-electron chi connectivity index (χ0n) is 13.8. The fraction of sp³-hybridized carbons (Fsp3) is 0.667. The van der Waals surface area contributed by atoms with Gasteiger partial charge in [0.1, 0.15) is 5.75 Å². The van der Waals surface area contributed by atoms with Gasteiger partial charge in [-0.25, -0.2) is 0 Å². The van der Waals surface area contributed by atoms with Gasteiger partial charge in [0.25, 0.3) is 0 Å². The molecular formula is C18H30N2O. The summed E-state index contributed by atoms with van der Waals surface area (Å²) in [5.41, 5.74) is 2.92. The molecule has 2 rings (SSSR count). The molecule has 0 atom stereocenters. The third-order valence-electron chi connectivity index (χ3n) is 4.05. The Hall–Kier alpha value is -1.06. The summed E-state index contributed by atoms with van der Waals surface area (Å²) in [5, 5.41) is 3.41. The minimum atomic E-state index is 0.572. The number of rotatable bonds is 7. The summed E-state index contributed by atoms with van der Waals surface area (Å²) in [6.45, 7) is 13.2. The van der Waals surface area contributed by atoms with Crippen LogP contribution >= 0.6 is 0 Å². The zero-order chi connectivity index (χ0) is 15.1. The van der Waals surface area contributed by atoms with Crippen molar-refractivity contribution in [2.24, 2.45) is 5.92 Å². The molecule has 1 aliphatic rings. The maximum atomic E-state index is 5.84. The molecule has 0 aliphatic carbocycles. The summed E-state index contributed by atoms with van der Waals surface area (Å²) in [6.07, 6.45) is 2.23. The Kier molecular flexibility index (Phi) is 6.52. The Morgan fingerprint density at radius 3 is 2.62 bits per heavy atom. The van der Waals surface area contributed by atoms with Crippen LogP contribution in [0.15, 0.2) is 18.2 Å². The summed E-state index contributed by atoms with van der Waals surface area (Å²) in [5.74, 6) is 1.59. The van der Waals surface area contributed by atoms with E-state index in [-0.39, 0.29) is 0 Å². The average molecular weight is 290 g/mol. The summed E-state index contributed by atoms with van der Waals surface area (Å²) in [4.78, 5) is 2.55. The van der Waals surface area contributed by atoms with Crippen LogP contribution in [-0.2, 0) is 12.8 Å². The lowest BCUT2D eigenvalue weighted by Crippen LogP contribution is -2.44. The maximum absolute atomic E-state index is 5.84. The van der Waals surface area contributed by atoms with Gasteiger partial charge >= 0.3 is 0 Å². The molecule has 3 nitrogen and oxygen atoms in total. The van der Waals surface area contributed by atoms with Crippen LogP contribution in [0.2, 0.25) is 0 Å². The highest BCUT2D eigenvalue weighted by atomic mass is 16.5. The molecule has 0 saturated carbocycles. The first-order valence-electron chi connectivity index (χ1n) is 8.36. The van der Waals surface area contributed by atoms with Crippen LogP contribution in [0, 0.1) is 5.92 Å². The van der Waals surface area contributed by atoms with Gasteiger partial charge < -0.3 is 15.0 Å². The Bertz CT molecular complexity index is 425. The van der Waals surface area contributed by atoms with Gasteiger partial charge in [0.15, 0.2) is 0 Å². The molecule has 3 heteroatoms. The highest BCUT2D eigenvalue weighted by molar-refractivity contribution is 5.36. The van der Waals surface area contributed by atoms with E-state index < -0.39 is 0 Å². The normalized spacial score (nSPS) is 16.4. The first kappa shape index (κ1) is 16.3. The van der Waals surface area contributed by atoms with E-state index in [2.05, 4.69) is 49.2 Å². The fourth-order valence-electron chi connectivity index (χ4n) is 2.74. The topological polar surface area (TPSA) is 24.5 Å². The van der Waals surface area contributed by atoms with Gasteiger partial charge in [-0.2, -0.15) is 0 Å². The first-order chi connectivity index (χ1) is 10.2. The van der Waals surface area contributed by atoms with Crippen molar-refractivity contribution in [3.8, 4) is 5.75 Å². The number of ether oxygens (including phenoxy) is 1. The van der Waals surface area contributed by atoms with Gasteiger partial charge in [0.05, 0.1) is 6.61 Å². The van der Waals surface area contributed by atoms with E-state index in [0.717, 1.165) is 38.3 Å². The monoisotopic (exact) mass is 290 g/mol. The molecule has 1 saturated heterocycles. The van der Waals surface area contributed by atoms with Gasteiger partial charge in [-0.05, 0) is 42.0 Å². The second-order valence-electron chi connectivity index (χ2n) is 6.33. The minimum Gasteiger partial charge on any atom is -0.493 e. The van der Waals surface area contributed by atoms with Crippen molar-refractivity contribution in [3.05, 3.63) is 29.3 Å². The van der Waals surface area contributed by atoms with Crippen molar-refractivity contribution in [2.45, 2.75) is 33.6 Å². The van der Waals surface area contributed by atoms with E-state index in [0.29, 0.717) is 5.92 Å². The summed E-state index contributed by atoms with van der Waals surface area (Å²) in [7, 11) is 0. The van der Waals surface area contributed by atoms with Crippen LogP contribution in [0.1, 0.15) is 31.9 Å². The van der Waals surface area contributed by atoms with Crippen molar-refractivity contribution >= 4 is 0 Å². The van der Waals surface area contributed by atoms with Gasteiger partial charge in [0.2, 0.25) is 0 Å². The Labute approximate surface area is 129 Å². The average Bonchev–Trinajstić information content (AvgIpc) is 2.52. The lowest BCUT2D eigenvalue weighted by molar-refractivity contribution is 0.243. The minimum absolute atomic E-state index is 0.572. The number of nitrogens with one attached hydrogen (secondary N) is 1. The van der Waals surface area contributed by atoms with Crippen LogP contribution in [0.25, 0.3) is 0 Å². The van der Waals surface area contributed by atoms with Crippen LogP contribution in [0.5, 0.6) is 5.75 Å². The Morgan fingerprint density at radius 2 is 1.95 bits per heavy atom. The van der Waals surface area contributed by atoms with Gasteiger partial charge in [-0.3, -0.25) is 0 Å². The van der Waals surface area contributed by atoms with Crippen molar-refractivity contribution in [1.82, 2.24) is 10.2 Å². The molecule has 0 radical (unpaired) electrons. The lowest BCUT2D eigenvalue weighted by atomic mass is 10.0. The van der Waals surface area contributed by atoms with Crippen molar-refractivity contribution in [2.75, 3.05) is 39.3 Å². The van der Waals surface area contributed by atoms with Crippen LogP contribution in [0.4, 0.5) is 0 Å². The third kappa shape index (κ3) is 5.33. The maximum Gasteiger partial charge on any atom is 0.119 e. The molecule has 1 N–H and O–H groups in total. The highest BCUT2D eigenvalue weighted by Gasteiger charge is 2.10. The number of nitrogens with zero attached hydrogens (tertiary/aromatic N) is 1. The molecule has 0 spiro atoms. The molecule has 0 bridgehead atoms. The van der Waals surface area contributed by atoms with Crippen molar-refractivity contribution in [1.29, 1.82) is 0 Å². The third-order valence-corrected chi connectivity index (χ3v) is 4.05. The molecule has 0 unspecified atom stereocenters. The van der Waals surface area contributed by atoms with Gasteiger partial charge in [0, 0.05) is 32.7 Å². The largest absolute Gasteiger partial charge is 0.493 e. The number of hydrogen-bond acceptors (Lipinski definition) is 3. The zero-order valence-corrected chi connectivity index (χ0v) is 13.8. The highest BCUT2D eigenvalue weighted by Crippen LogP contribution is 2.20. The van der Waals surface area contributed by atoms with E-state index >= 15 is 0 Å². The molecule has 1 aromatic rings. The molecule has 118 valence electrons. The molecular weight excluding hydrogens is 260 g/mol. The molecule has 21 heavy (non-hydrogen) atoms. The predicted molar refractivity (Wildman–Crippen MR) is 89.2 cm³/mol. The number of benzene rings is 1. The summed E-state index contributed by atoms with van der Waals surface area (Å²) in [6, 6.07) is 6.63. The number of aryl methyl sites for hydroxylation is 1. The van der Waals surface area contributed by atoms with Crippen LogP contribution in [0.3, 0.4) is 0 Å². The molecule has 1 aliphatic heterocycles. The quantitative estimate of drug-likeness (QED) is 0.835. The SMILES string of the molecule is CCc1cc(OCC(C)C)ccc1CCN1CCNCC1. The second kappa shape index (κ2) is 8.40. The first-order valence-corrected chi connectivity index (χ1v) is 8.36. The van der Waals surface area contributed by atoms with Crippen LogP contribution in [-0.4, -0.2) is 44.2 Å². The van der Waals surface area contributed by atoms with E-state index in [9.17, 15) is 0 Å². The molecule has 1 heterocycles. The smallest absolute Gasteiger partial charge is 0.119 e. The number of hydrogen-bond donors (Lipinski definition) is 1. The van der Waals surface area contributed by atoms with Crippen molar-refractivity contribution in [3.63, 3.8) is 0 Å². The number of piperazine rings is 1. The fourth-order valence-corrected chi connectivity index (χ4v) is 2.74. The van der Waals surface area contributed by atoms with E-state index in [4.69, 9.17) is 4.74 Å². The molecule has 0 aromatic heterocycles. The standard InChI is InChI=1S/C18H30N2O/c1-4-16-13-18(21-14-15(2)3)6-5-17(16)7-10-20-11-8-19-9-12-20/h5-6,13,15,19H,4,7-12,14H2,1-3H3.